The number of furan rings is 1. The zero-order valence-corrected chi connectivity index (χ0v) is 18.0. The van der Waals surface area contributed by atoms with Gasteiger partial charge in [0.1, 0.15) is 11.2 Å². The molecule has 152 valence electrons. The first-order valence-electron chi connectivity index (χ1n) is 11.0. The second-order valence-electron chi connectivity index (χ2n) is 8.53. The van der Waals surface area contributed by atoms with Gasteiger partial charge in [-0.25, -0.2) is 0 Å². The van der Waals surface area contributed by atoms with E-state index in [9.17, 15) is 0 Å². The van der Waals surface area contributed by atoms with Crippen molar-refractivity contribution in [1.82, 2.24) is 4.57 Å². The van der Waals surface area contributed by atoms with Gasteiger partial charge in [0.05, 0.1) is 16.4 Å². The standard InChI is InChI=1S/C29H25NO/c1-5-10-19-17(6-2)18(7-3)20-13-14-21-22-15-16-25-27(23-11-8-9-12-24(23)31-25)29(22)30(4)28(21)26(19)20/h6-9,11-16,19H,2-3,5,10H2,1,4H3. The van der Waals surface area contributed by atoms with Crippen molar-refractivity contribution in [2.24, 2.45) is 7.05 Å². The highest BCUT2D eigenvalue weighted by molar-refractivity contribution is 6.24. The summed E-state index contributed by atoms with van der Waals surface area (Å²) in [7, 11) is 2.20. The molecule has 5 aromatic rings. The largest absolute Gasteiger partial charge is 0.456 e. The Hall–Kier alpha value is -3.52. The summed E-state index contributed by atoms with van der Waals surface area (Å²) in [6.07, 6.45) is 6.27. The Morgan fingerprint density at radius 3 is 2.45 bits per heavy atom. The van der Waals surface area contributed by atoms with Crippen LogP contribution in [-0.4, -0.2) is 4.57 Å². The third-order valence-corrected chi connectivity index (χ3v) is 7.02. The predicted octanol–water partition coefficient (Wildman–Crippen LogP) is 8.25. The summed E-state index contributed by atoms with van der Waals surface area (Å²) < 4.78 is 8.58. The topological polar surface area (TPSA) is 18.1 Å². The van der Waals surface area contributed by atoms with Gasteiger partial charge < -0.3 is 8.98 Å². The van der Waals surface area contributed by atoms with Crippen LogP contribution in [0.25, 0.3) is 49.3 Å². The van der Waals surface area contributed by atoms with Crippen molar-refractivity contribution in [1.29, 1.82) is 0 Å². The van der Waals surface area contributed by atoms with Gasteiger partial charge in [-0.15, -0.1) is 0 Å². The third-order valence-electron chi connectivity index (χ3n) is 7.02. The van der Waals surface area contributed by atoms with Crippen LogP contribution in [0.1, 0.15) is 36.8 Å². The molecule has 0 spiro atoms. The molecular formula is C29H25NO. The van der Waals surface area contributed by atoms with Crippen molar-refractivity contribution in [3.8, 4) is 0 Å². The van der Waals surface area contributed by atoms with E-state index < -0.39 is 0 Å². The van der Waals surface area contributed by atoms with Gasteiger partial charge in [0.15, 0.2) is 0 Å². The van der Waals surface area contributed by atoms with Crippen molar-refractivity contribution < 1.29 is 4.42 Å². The zero-order valence-electron chi connectivity index (χ0n) is 18.0. The van der Waals surface area contributed by atoms with Crippen LogP contribution in [0.15, 0.2) is 83.8 Å². The summed E-state index contributed by atoms with van der Waals surface area (Å²) in [6, 6.07) is 17.2. The quantitative estimate of drug-likeness (QED) is 0.295. The van der Waals surface area contributed by atoms with Crippen LogP contribution in [0.5, 0.6) is 0 Å². The number of benzene rings is 3. The van der Waals surface area contributed by atoms with Gasteiger partial charge in [-0.1, -0.05) is 69.0 Å². The molecule has 0 bridgehead atoms. The second-order valence-corrected chi connectivity index (χ2v) is 8.53. The summed E-state index contributed by atoms with van der Waals surface area (Å²) in [5.74, 6) is 0.355. The Bertz CT molecular complexity index is 1590. The summed E-state index contributed by atoms with van der Waals surface area (Å²) in [6.45, 7) is 10.5. The van der Waals surface area contributed by atoms with E-state index in [1.807, 2.05) is 18.2 Å². The molecule has 0 fully saturated rings. The SMILES string of the molecule is C=CC1=C(C=C)C(CCC)c2c1ccc1c3ccc4oc5ccccc5c4c3n(C)c21. The van der Waals surface area contributed by atoms with Crippen LogP contribution in [0, 0.1) is 0 Å². The van der Waals surface area contributed by atoms with E-state index in [2.05, 4.69) is 74.2 Å². The molecule has 0 saturated carbocycles. The van der Waals surface area contributed by atoms with Gasteiger partial charge in [-0.3, -0.25) is 0 Å². The first-order chi connectivity index (χ1) is 15.2. The van der Waals surface area contributed by atoms with E-state index in [0.29, 0.717) is 5.92 Å². The van der Waals surface area contributed by atoms with Crippen LogP contribution in [-0.2, 0) is 7.05 Å². The molecule has 0 aliphatic heterocycles. The highest BCUT2D eigenvalue weighted by Gasteiger charge is 2.31. The van der Waals surface area contributed by atoms with Crippen molar-refractivity contribution in [2.45, 2.75) is 25.7 Å². The monoisotopic (exact) mass is 403 g/mol. The lowest BCUT2D eigenvalue weighted by Crippen LogP contribution is -2.01. The average Bonchev–Trinajstić information content (AvgIpc) is 3.41. The zero-order chi connectivity index (χ0) is 21.3. The molecule has 2 aromatic heterocycles. The van der Waals surface area contributed by atoms with E-state index in [0.717, 1.165) is 24.0 Å². The number of fused-ring (bicyclic) bond motifs is 9. The molecule has 0 saturated heterocycles. The number of allylic oxidation sites excluding steroid dienone is 4. The summed E-state index contributed by atoms with van der Waals surface area (Å²) in [5.41, 5.74) is 9.71. The summed E-state index contributed by atoms with van der Waals surface area (Å²) in [4.78, 5) is 0. The molecule has 3 aromatic carbocycles. The molecule has 2 heteroatoms. The van der Waals surface area contributed by atoms with E-state index in [1.54, 1.807) is 0 Å². The lowest BCUT2D eigenvalue weighted by Gasteiger charge is -2.16. The van der Waals surface area contributed by atoms with Crippen LogP contribution in [0.2, 0.25) is 0 Å². The predicted molar refractivity (Wildman–Crippen MR) is 133 cm³/mol. The Labute approximate surface area is 181 Å². The van der Waals surface area contributed by atoms with E-state index in [1.165, 1.54) is 54.9 Å². The maximum atomic E-state index is 6.18. The lowest BCUT2D eigenvalue weighted by atomic mass is 9.90. The van der Waals surface area contributed by atoms with Crippen molar-refractivity contribution in [3.63, 3.8) is 0 Å². The number of rotatable bonds is 4. The maximum Gasteiger partial charge on any atom is 0.137 e. The minimum absolute atomic E-state index is 0.355. The third kappa shape index (κ3) is 2.22. The van der Waals surface area contributed by atoms with Crippen LogP contribution in [0.4, 0.5) is 0 Å². The summed E-state index contributed by atoms with van der Waals surface area (Å²) >= 11 is 0. The van der Waals surface area contributed by atoms with Crippen LogP contribution in [0.3, 0.4) is 0 Å². The van der Waals surface area contributed by atoms with E-state index >= 15 is 0 Å². The molecule has 1 unspecified atom stereocenters. The van der Waals surface area contributed by atoms with Gasteiger partial charge in [0.2, 0.25) is 0 Å². The normalized spacial score (nSPS) is 16.1. The molecule has 0 radical (unpaired) electrons. The fraction of sp³-hybridized carbons (Fsp3) is 0.172. The van der Waals surface area contributed by atoms with Gasteiger partial charge in [-0.2, -0.15) is 0 Å². The average molecular weight is 404 g/mol. The molecule has 2 nitrogen and oxygen atoms in total. The molecule has 1 aliphatic rings. The first kappa shape index (κ1) is 18.3. The molecule has 0 amide bonds. The minimum Gasteiger partial charge on any atom is -0.456 e. The number of aromatic nitrogens is 1. The maximum absolute atomic E-state index is 6.18. The number of hydrogen-bond acceptors (Lipinski definition) is 1. The number of aryl methyl sites for hydroxylation is 1. The van der Waals surface area contributed by atoms with Gasteiger partial charge in [0.25, 0.3) is 0 Å². The fourth-order valence-corrected chi connectivity index (χ4v) is 5.82. The van der Waals surface area contributed by atoms with Gasteiger partial charge in [0, 0.05) is 29.1 Å². The Kier molecular flexibility index (Phi) is 3.82. The Balaban J connectivity index is 1.81. The minimum atomic E-state index is 0.355. The van der Waals surface area contributed by atoms with Crippen molar-refractivity contribution in [2.75, 3.05) is 0 Å². The summed E-state index contributed by atoms with van der Waals surface area (Å²) in [5, 5.41) is 4.96. The molecule has 1 aliphatic carbocycles. The molecule has 31 heavy (non-hydrogen) atoms. The molecule has 6 rings (SSSR count). The van der Waals surface area contributed by atoms with E-state index in [4.69, 9.17) is 4.42 Å². The molecule has 1 atom stereocenters. The Morgan fingerprint density at radius 1 is 0.903 bits per heavy atom. The van der Waals surface area contributed by atoms with Crippen LogP contribution < -0.4 is 0 Å². The Morgan fingerprint density at radius 2 is 1.68 bits per heavy atom. The van der Waals surface area contributed by atoms with Crippen LogP contribution >= 0.6 is 0 Å². The van der Waals surface area contributed by atoms with Gasteiger partial charge in [-0.05, 0) is 46.9 Å². The highest BCUT2D eigenvalue weighted by atomic mass is 16.3. The number of nitrogens with zero attached hydrogens (tertiary/aromatic N) is 1. The highest BCUT2D eigenvalue weighted by Crippen LogP contribution is 2.50. The molecule has 0 N–H and O–H groups in total. The number of para-hydroxylation sites is 1. The molecule has 2 heterocycles. The number of hydrogen-bond donors (Lipinski definition) is 0. The van der Waals surface area contributed by atoms with Gasteiger partial charge >= 0.3 is 0 Å². The fourth-order valence-electron chi connectivity index (χ4n) is 5.82. The van der Waals surface area contributed by atoms with E-state index in [-0.39, 0.29) is 0 Å². The van der Waals surface area contributed by atoms with Crippen molar-refractivity contribution >= 4 is 49.3 Å². The smallest absolute Gasteiger partial charge is 0.137 e. The lowest BCUT2D eigenvalue weighted by molar-refractivity contribution is 0.669. The second kappa shape index (κ2) is 6.49. The first-order valence-corrected chi connectivity index (χ1v) is 11.0. The van der Waals surface area contributed by atoms with Crippen molar-refractivity contribution in [3.05, 3.63) is 90.5 Å². The molecular weight excluding hydrogens is 378 g/mol.